The molecule has 0 saturated heterocycles. The van der Waals surface area contributed by atoms with E-state index in [1.807, 2.05) is 24.4 Å². The Morgan fingerprint density at radius 1 is 1.07 bits per heavy atom. The fraction of sp³-hybridized carbons (Fsp3) is 0.348. The Kier molecular flexibility index (Phi) is 3.41. The van der Waals surface area contributed by atoms with Crippen LogP contribution in [0.3, 0.4) is 0 Å². The first-order chi connectivity index (χ1) is 14.1. The number of rotatable bonds is 1. The van der Waals surface area contributed by atoms with Crippen LogP contribution in [-0.2, 0) is 0 Å². The van der Waals surface area contributed by atoms with Gasteiger partial charge in [-0.3, -0.25) is 0 Å². The van der Waals surface area contributed by atoms with Gasteiger partial charge in [-0.25, -0.2) is 4.39 Å². The van der Waals surface area contributed by atoms with Crippen LogP contribution in [0.25, 0.3) is 10.9 Å². The summed E-state index contributed by atoms with van der Waals surface area (Å²) in [5, 5.41) is 35.4. The van der Waals surface area contributed by atoms with Crippen LogP contribution in [0, 0.1) is 34.9 Å². The zero-order valence-electron chi connectivity index (χ0n) is 15.5. The van der Waals surface area contributed by atoms with Gasteiger partial charge in [-0.15, -0.1) is 0 Å². The Bertz CT molecular complexity index is 1180. The lowest BCUT2D eigenvalue weighted by atomic mass is 9.66. The average molecular weight is 389 g/mol. The molecule has 2 aliphatic carbocycles. The zero-order valence-corrected chi connectivity index (χ0v) is 15.5. The Morgan fingerprint density at radius 3 is 2.72 bits per heavy atom. The molecule has 7 atom stereocenters. The van der Waals surface area contributed by atoms with Crippen LogP contribution in [0.4, 0.5) is 10.1 Å². The van der Waals surface area contributed by atoms with Gasteiger partial charge in [-0.1, -0.05) is 6.07 Å². The Hall–Kier alpha value is -2.88. The third-order valence-corrected chi connectivity index (χ3v) is 7.42. The molecule has 5 nitrogen and oxygen atoms in total. The molecule has 0 radical (unpaired) electrons. The molecule has 6 heteroatoms. The standard InChI is InChI=1S/C23H20FN3O2/c24-15-2-1-10(7-11(15)9-25)21-20-14-8-13(22(28)23(14)29)19(20)18-12-5-6-26-16(12)3-4-17(18)27-21/h1-7,13-14,19-23,26-29H,8H2/t13?,14?,19-,20-,21+,22-,23+/m1/s1. The Morgan fingerprint density at radius 2 is 1.90 bits per heavy atom. The van der Waals surface area contributed by atoms with Crippen molar-refractivity contribution in [3.63, 3.8) is 0 Å². The molecule has 1 aromatic heterocycles. The topological polar surface area (TPSA) is 92.1 Å². The number of anilines is 1. The van der Waals surface area contributed by atoms with Crippen molar-refractivity contribution in [2.45, 2.75) is 30.6 Å². The Labute approximate surface area is 166 Å². The molecule has 2 bridgehead atoms. The molecule has 146 valence electrons. The SMILES string of the molecule is N#Cc1cc([C@@H]2Nc3ccc4[nH]ccc4c3[C@H]3C4CC([C@@H]23)[C@H](O)[C@@H]4O)ccc1F. The van der Waals surface area contributed by atoms with Crippen LogP contribution in [0.15, 0.2) is 42.6 Å². The molecule has 0 spiro atoms. The number of nitrogens with zero attached hydrogens (tertiary/aromatic N) is 1. The second kappa shape index (κ2) is 5.82. The molecule has 2 unspecified atom stereocenters. The van der Waals surface area contributed by atoms with Crippen LogP contribution in [-0.4, -0.2) is 27.4 Å². The van der Waals surface area contributed by atoms with E-state index in [0.29, 0.717) is 0 Å². The van der Waals surface area contributed by atoms with Gasteiger partial charge in [0.2, 0.25) is 0 Å². The van der Waals surface area contributed by atoms with E-state index in [1.54, 1.807) is 12.1 Å². The lowest BCUT2D eigenvalue weighted by Gasteiger charge is -2.46. The number of aliphatic hydroxyl groups excluding tert-OH is 2. The van der Waals surface area contributed by atoms with Crippen molar-refractivity contribution in [3.8, 4) is 6.07 Å². The number of aromatic nitrogens is 1. The fourth-order valence-electron chi connectivity index (χ4n) is 6.29. The van der Waals surface area contributed by atoms with Crippen LogP contribution in [0.5, 0.6) is 0 Å². The van der Waals surface area contributed by atoms with Crippen molar-refractivity contribution in [3.05, 3.63) is 65.1 Å². The number of nitrogens with one attached hydrogen (secondary N) is 2. The maximum Gasteiger partial charge on any atom is 0.140 e. The van der Waals surface area contributed by atoms with E-state index in [2.05, 4.69) is 16.4 Å². The van der Waals surface area contributed by atoms with E-state index in [0.717, 1.165) is 28.6 Å². The van der Waals surface area contributed by atoms with Gasteiger partial charge in [0.25, 0.3) is 0 Å². The highest BCUT2D eigenvalue weighted by molar-refractivity contribution is 5.89. The summed E-state index contributed by atoms with van der Waals surface area (Å²) in [6, 6.07) is 12.6. The number of hydrogen-bond acceptors (Lipinski definition) is 4. The second-order valence-corrected chi connectivity index (χ2v) is 8.59. The van der Waals surface area contributed by atoms with E-state index >= 15 is 0 Å². The maximum atomic E-state index is 13.9. The van der Waals surface area contributed by atoms with E-state index in [4.69, 9.17) is 0 Å². The third kappa shape index (κ3) is 2.14. The second-order valence-electron chi connectivity index (χ2n) is 8.59. The quantitative estimate of drug-likeness (QED) is 0.513. The lowest BCUT2D eigenvalue weighted by molar-refractivity contribution is -0.0465. The number of nitriles is 1. The van der Waals surface area contributed by atoms with E-state index in [-0.39, 0.29) is 35.3 Å². The summed E-state index contributed by atoms with van der Waals surface area (Å²) in [5.41, 5.74) is 4.10. The predicted octanol–water partition coefficient (Wildman–Crippen LogP) is 3.42. The summed E-state index contributed by atoms with van der Waals surface area (Å²) >= 11 is 0. The van der Waals surface area contributed by atoms with Gasteiger partial charge in [0.15, 0.2) is 0 Å². The van der Waals surface area contributed by atoms with Gasteiger partial charge >= 0.3 is 0 Å². The molecule has 2 saturated carbocycles. The van der Waals surface area contributed by atoms with Crippen molar-refractivity contribution in [1.82, 2.24) is 4.98 Å². The van der Waals surface area contributed by atoms with Gasteiger partial charge in [-0.05, 0) is 71.6 Å². The number of halogens is 1. The van der Waals surface area contributed by atoms with Crippen molar-refractivity contribution >= 4 is 16.6 Å². The largest absolute Gasteiger partial charge is 0.390 e. The highest BCUT2D eigenvalue weighted by Crippen LogP contribution is 2.64. The third-order valence-electron chi connectivity index (χ3n) is 7.42. The van der Waals surface area contributed by atoms with Crippen LogP contribution in [0.2, 0.25) is 0 Å². The van der Waals surface area contributed by atoms with Crippen LogP contribution < -0.4 is 5.32 Å². The van der Waals surface area contributed by atoms with Crippen molar-refractivity contribution in [2.75, 3.05) is 5.32 Å². The number of hydrogen-bond donors (Lipinski definition) is 4. The molecular formula is C23H20FN3O2. The molecule has 2 heterocycles. The Balaban J connectivity index is 1.56. The van der Waals surface area contributed by atoms with Crippen LogP contribution >= 0.6 is 0 Å². The summed E-state index contributed by atoms with van der Waals surface area (Å²) in [6.45, 7) is 0. The molecule has 4 N–H and O–H groups in total. The summed E-state index contributed by atoms with van der Waals surface area (Å²) in [7, 11) is 0. The minimum absolute atomic E-state index is 0.0141. The molecule has 6 rings (SSSR count). The van der Waals surface area contributed by atoms with Gasteiger partial charge in [0.05, 0.1) is 23.8 Å². The number of fused-ring (bicyclic) bond motifs is 9. The maximum absolute atomic E-state index is 13.9. The minimum Gasteiger partial charge on any atom is -0.390 e. The average Bonchev–Trinajstić information content (AvgIpc) is 3.43. The van der Waals surface area contributed by atoms with Gasteiger partial charge < -0.3 is 20.5 Å². The summed E-state index contributed by atoms with van der Waals surface area (Å²) in [6.07, 6.45) is 1.20. The highest BCUT2D eigenvalue weighted by atomic mass is 19.1. The number of benzene rings is 2. The predicted molar refractivity (Wildman–Crippen MR) is 106 cm³/mol. The zero-order chi connectivity index (χ0) is 19.9. The summed E-state index contributed by atoms with van der Waals surface area (Å²) < 4.78 is 13.9. The molecular weight excluding hydrogens is 369 g/mol. The summed E-state index contributed by atoms with van der Waals surface area (Å²) in [4.78, 5) is 3.26. The first-order valence-electron chi connectivity index (χ1n) is 10.0. The van der Waals surface area contributed by atoms with Gasteiger partial charge in [0.1, 0.15) is 11.9 Å². The first kappa shape index (κ1) is 17.0. The smallest absolute Gasteiger partial charge is 0.140 e. The number of aromatic amines is 1. The molecule has 29 heavy (non-hydrogen) atoms. The molecule has 3 aromatic rings. The molecule has 3 aliphatic rings. The van der Waals surface area contributed by atoms with E-state index < -0.39 is 18.0 Å². The van der Waals surface area contributed by atoms with Crippen molar-refractivity contribution < 1.29 is 14.6 Å². The van der Waals surface area contributed by atoms with Gasteiger partial charge in [-0.2, -0.15) is 5.26 Å². The molecule has 1 aliphatic heterocycles. The number of H-pyrrole nitrogens is 1. The fourth-order valence-corrected chi connectivity index (χ4v) is 6.29. The normalized spacial score (nSPS) is 34.5. The lowest BCUT2D eigenvalue weighted by Crippen LogP contribution is -2.46. The molecule has 0 amide bonds. The van der Waals surface area contributed by atoms with Crippen molar-refractivity contribution in [1.29, 1.82) is 5.26 Å². The number of aliphatic hydroxyl groups is 2. The molecule has 2 fully saturated rings. The van der Waals surface area contributed by atoms with E-state index in [9.17, 15) is 19.9 Å². The first-order valence-corrected chi connectivity index (χ1v) is 10.0. The monoisotopic (exact) mass is 389 g/mol. The molecule has 2 aromatic carbocycles. The van der Waals surface area contributed by atoms with Gasteiger partial charge in [0, 0.05) is 22.8 Å². The van der Waals surface area contributed by atoms with E-state index in [1.165, 1.54) is 11.6 Å². The van der Waals surface area contributed by atoms with Crippen LogP contribution in [0.1, 0.15) is 35.1 Å². The van der Waals surface area contributed by atoms with Crippen molar-refractivity contribution in [2.24, 2.45) is 17.8 Å². The minimum atomic E-state index is -0.756. The summed E-state index contributed by atoms with van der Waals surface area (Å²) in [5.74, 6) is -0.435. The highest BCUT2D eigenvalue weighted by Gasteiger charge is 2.61.